The van der Waals surface area contributed by atoms with Gasteiger partial charge in [-0.25, -0.2) is 9.97 Å². The molecular formula is C40H38BrClN8O2. The normalized spacial score (nSPS) is 16.6. The van der Waals surface area contributed by atoms with Gasteiger partial charge in [-0.3, -0.25) is 9.80 Å². The molecule has 10 nitrogen and oxygen atoms in total. The van der Waals surface area contributed by atoms with E-state index in [9.17, 15) is 0 Å². The van der Waals surface area contributed by atoms with Crippen molar-refractivity contribution in [3.8, 4) is 47.0 Å². The molecule has 2 unspecified atom stereocenters. The molecule has 2 aliphatic heterocycles. The van der Waals surface area contributed by atoms with Gasteiger partial charge in [-0.05, 0) is 132 Å². The lowest BCUT2D eigenvalue weighted by molar-refractivity contribution is 0.245. The minimum atomic E-state index is 0. The number of benzene rings is 2. The molecule has 12 heteroatoms. The van der Waals surface area contributed by atoms with Crippen molar-refractivity contribution >= 4 is 28.3 Å². The Balaban J connectivity index is 0.000000169. The van der Waals surface area contributed by atoms with Gasteiger partial charge < -0.3 is 9.05 Å². The zero-order valence-corrected chi connectivity index (χ0v) is 31.3. The molecule has 0 radical (unpaired) electrons. The van der Waals surface area contributed by atoms with Crippen molar-refractivity contribution in [1.29, 1.82) is 0 Å². The minimum Gasteiger partial charge on any atom is -0.337 e. The average molecular weight is 778 g/mol. The molecule has 2 saturated heterocycles. The average Bonchev–Trinajstić information content (AvgIpc) is 4.01. The Morgan fingerprint density at radius 3 is 1.60 bits per heavy atom. The number of pyridine rings is 2. The first-order valence-corrected chi connectivity index (χ1v) is 17.5. The summed E-state index contributed by atoms with van der Waals surface area (Å²) in [4.78, 5) is 21.7. The Hall–Kier alpha value is -5.17. The largest absolute Gasteiger partial charge is 0.337 e. The van der Waals surface area contributed by atoms with Crippen LogP contribution in [0.1, 0.15) is 66.5 Å². The van der Waals surface area contributed by atoms with Gasteiger partial charge in [-0.15, -0.1) is 18.8 Å². The molecule has 4 aromatic heterocycles. The molecule has 6 aromatic rings. The number of halogens is 2. The van der Waals surface area contributed by atoms with Gasteiger partial charge in [-0.2, -0.15) is 9.97 Å². The molecule has 0 aliphatic carbocycles. The van der Waals surface area contributed by atoms with Gasteiger partial charge in [0.25, 0.3) is 0 Å². The molecule has 6 heterocycles. The Morgan fingerprint density at radius 1 is 0.673 bits per heavy atom. The van der Waals surface area contributed by atoms with Gasteiger partial charge in [0.1, 0.15) is 11.4 Å². The first kappa shape index (κ1) is 38.1. The van der Waals surface area contributed by atoms with E-state index in [2.05, 4.69) is 87.8 Å². The summed E-state index contributed by atoms with van der Waals surface area (Å²) in [5.41, 5.74) is 4.28. The van der Waals surface area contributed by atoms with E-state index in [0.717, 1.165) is 58.7 Å². The zero-order chi connectivity index (χ0) is 35.4. The van der Waals surface area contributed by atoms with Gasteiger partial charge >= 0.3 is 0 Å². The maximum Gasteiger partial charge on any atom is 0.244 e. The summed E-state index contributed by atoms with van der Waals surface area (Å²) in [6.45, 7) is 2.17. The van der Waals surface area contributed by atoms with Crippen LogP contribution in [0.2, 0.25) is 0 Å². The van der Waals surface area contributed by atoms with E-state index in [1.165, 1.54) is 12.8 Å². The van der Waals surface area contributed by atoms with Crippen LogP contribution in [0.5, 0.6) is 0 Å². The molecule has 2 aliphatic rings. The Morgan fingerprint density at radius 2 is 1.17 bits per heavy atom. The second kappa shape index (κ2) is 18.9. The van der Waals surface area contributed by atoms with Crippen LogP contribution in [0, 0.1) is 24.2 Å². The Kier molecular flexibility index (Phi) is 13.8. The lowest BCUT2D eigenvalue weighted by atomic mass is 10.1. The van der Waals surface area contributed by atoms with Crippen LogP contribution in [0.25, 0.3) is 22.8 Å². The highest BCUT2D eigenvalue weighted by Gasteiger charge is 2.29. The number of rotatable bonds is 4. The third kappa shape index (κ3) is 10.2. The molecule has 2 atom stereocenters. The predicted molar refractivity (Wildman–Crippen MR) is 206 cm³/mol. The fourth-order valence-corrected chi connectivity index (χ4v) is 6.01. The fraction of sp³-hybridized carbons (Fsp3) is 0.250. The lowest BCUT2D eigenvalue weighted by Crippen LogP contribution is -2.17. The van der Waals surface area contributed by atoms with E-state index in [0.29, 0.717) is 23.2 Å². The van der Waals surface area contributed by atoms with Crippen molar-refractivity contribution in [3.63, 3.8) is 0 Å². The number of nitrogens with zero attached hydrogens (tertiary/aromatic N) is 8. The molecule has 2 aromatic carbocycles. The standard InChI is InChI=1S/C20H18N4O.C13H14BrN3O.C7H5N.ClH/c1-24-14-4-6-18(24)20-22-19(23-25-20)16-10-7-15(8-11-16)9-12-17-5-2-3-13-21-17;1-17-8-2-3-11(17)13-15-12(16-18-13)9-4-6-10(14)7-5-9;1-2-7-5-3-4-6-8-7;/h2-3,5,7-8,10-11,13,18H,4,6,14H2,1H3;4-7,11H,2-3,8H2,1H3;1,3-6H;1H. The van der Waals surface area contributed by atoms with Crippen LogP contribution in [0.4, 0.5) is 0 Å². The monoisotopic (exact) mass is 776 g/mol. The van der Waals surface area contributed by atoms with E-state index >= 15 is 0 Å². The van der Waals surface area contributed by atoms with Crippen molar-refractivity contribution in [1.82, 2.24) is 40.0 Å². The summed E-state index contributed by atoms with van der Waals surface area (Å²) in [5.74, 6) is 11.3. The summed E-state index contributed by atoms with van der Waals surface area (Å²) in [6.07, 6.45) is 13.0. The second-order valence-corrected chi connectivity index (χ2v) is 13.0. The van der Waals surface area contributed by atoms with Crippen LogP contribution < -0.4 is 0 Å². The van der Waals surface area contributed by atoms with Crippen molar-refractivity contribution in [2.75, 3.05) is 27.2 Å². The van der Waals surface area contributed by atoms with Crippen molar-refractivity contribution in [3.05, 3.63) is 131 Å². The highest BCUT2D eigenvalue weighted by Crippen LogP contribution is 2.31. The first-order chi connectivity index (χ1) is 25.0. The molecule has 2 fully saturated rings. The van der Waals surface area contributed by atoms with Gasteiger partial charge in [0, 0.05) is 33.6 Å². The van der Waals surface area contributed by atoms with Crippen LogP contribution in [-0.4, -0.2) is 67.2 Å². The number of terminal acetylenes is 1. The summed E-state index contributed by atoms with van der Waals surface area (Å²) in [6, 6.07) is 27.5. The highest BCUT2D eigenvalue weighted by atomic mass is 79.9. The smallest absolute Gasteiger partial charge is 0.244 e. The fourth-order valence-electron chi connectivity index (χ4n) is 5.74. The summed E-state index contributed by atoms with van der Waals surface area (Å²) in [5, 5.41) is 8.20. The van der Waals surface area contributed by atoms with E-state index in [1.54, 1.807) is 18.5 Å². The Labute approximate surface area is 318 Å². The Bertz CT molecular complexity index is 2090. The van der Waals surface area contributed by atoms with Gasteiger partial charge in [0.15, 0.2) is 0 Å². The van der Waals surface area contributed by atoms with Crippen LogP contribution in [0.15, 0.2) is 111 Å². The third-order valence-corrected chi connectivity index (χ3v) is 9.08. The minimum absolute atomic E-state index is 0. The van der Waals surface area contributed by atoms with E-state index in [1.807, 2.05) is 78.9 Å². The van der Waals surface area contributed by atoms with Crippen molar-refractivity contribution in [2.45, 2.75) is 37.8 Å². The van der Waals surface area contributed by atoms with Gasteiger partial charge in [-0.1, -0.05) is 50.2 Å². The van der Waals surface area contributed by atoms with Gasteiger partial charge in [0.05, 0.1) is 12.1 Å². The summed E-state index contributed by atoms with van der Waals surface area (Å²) >= 11 is 3.41. The summed E-state index contributed by atoms with van der Waals surface area (Å²) in [7, 11) is 4.19. The third-order valence-electron chi connectivity index (χ3n) is 8.55. The highest BCUT2D eigenvalue weighted by molar-refractivity contribution is 9.10. The second-order valence-electron chi connectivity index (χ2n) is 12.1. The molecule has 0 saturated carbocycles. The number of likely N-dealkylation sites (tertiary alicyclic amines) is 2. The molecule has 8 rings (SSSR count). The molecule has 0 spiro atoms. The van der Waals surface area contributed by atoms with Crippen LogP contribution in [0.3, 0.4) is 0 Å². The molecule has 52 heavy (non-hydrogen) atoms. The maximum absolute atomic E-state index is 5.47. The van der Waals surface area contributed by atoms with Gasteiger partial charge in [0.2, 0.25) is 23.4 Å². The molecule has 0 bridgehead atoms. The zero-order valence-electron chi connectivity index (χ0n) is 28.9. The number of hydrogen-bond acceptors (Lipinski definition) is 10. The van der Waals surface area contributed by atoms with Crippen LogP contribution >= 0.6 is 28.3 Å². The predicted octanol–water partition coefficient (Wildman–Crippen LogP) is 8.05. The maximum atomic E-state index is 5.47. The van der Waals surface area contributed by atoms with Crippen molar-refractivity contribution < 1.29 is 9.05 Å². The first-order valence-electron chi connectivity index (χ1n) is 16.7. The SMILES string of the molecule is C#Cc1ccccn1.CN1CCCC1c1nc(-c2ccc(Br)cc2)no1.CN1CCCC1c1nc(-c2ccc(C#Cc3ccccn3)cc2)no1.Cl. The molecule has 0 amide bonds. The van der Waals surface area contributed by atoms with Crippen LogP contribution in [-0.2, 0) is 0 Å². The van der Waals surface area contributed by atoms with E-state index < -0.39 is 0 Å². The number of aromatic nitrogens is 6. The molecule has 264 valence electrons. The summed E-state index contributed by atoms with van der Waals surface area (Å²) < 4.78 is 11.9. The topological polar surface area (TPSA) is 110 Å². The lowest BCUT2D eigenvalue weighted by Gasteiger charge is -2.14. The molecular weight excluding hydrogens is 740 g/mol. The van der Waals surface area contributed by atoms with E-state index in [-0.39, 0.29) is 24.5 Å². The van der Waals surface area contributed by atoms with Crippen molar-refractivity contribution in [2.24, 2.45) is 0 Å². The molecule has 0 N–H and O–H groups in total. The van der Waals surface area contributed by atoms with E-state index in [4.69, 9.17) is 15.5 Å². The quantitative estimate of drug-likeness (QED) is 0.163. The number of hydrogen-bond donors (Lipinski definition) is 0.